The minimum absolute atomic E-state index is 0.0379. The maximum absolute atomic E-state index is 12.2. The SMILES string of the molecule is CC(C)C(CN(C)C)NC(=O)c1ccc(N)c([N+](=O)[O-])c1. The summed E-state index contributed by atoms with van der Waals surface area (Å²) in [5, 5.41) is 13.8. The third-order valence-electron chi connectivity index (χ3n) is 3.17. The monoisotopic (exact) mass is 294 g/mol. The number of nitrogen functional groups attached to an aromatic ring is 1. The first-order chi connectivity index (χ1) is 9.72. The Labute approximate surface area is 124 Å². The first kappa shape index (κ1) is 16.9. The maximum atomic E-state index is 12.2. The molecule has 0 radical (unpaired) electrons. The van der Waals surface area contributed by atoms with Gasteiger partial charge in [-0.25, -0.2) is 0 Å². The van der Waals surface area contributed by atoms with Crippen LogP contribution in [0.25, 0.3) is 0 Å². The summed E-state index contributed by atoms with van der Waals surface area (Å²) in [6, 6.07) is 4.04. The third-order valence-corrected chi connectivity index (χ3v) is 3.17. The molecule has 0 heterocycles. The Bertz CT molecular complexity index is 529. The summed E-state index contributed by atoms with van der Waals surface area (Å²) in [4.78, 5) is 24.5. The molecule has 1 amide bonds. The summed E-state index contributed by atoms with van der Waals surface area (Å²) < 4.78 is 0. The molecule has 7 heteroatoms. The lowest BCUT2D eigenvalue weighted by Crippen LogP contribution is -2.45. The lowest BCUT2D eigenvalue weighted by Gasteiger charge is -2.25. The zero-order valence-corrected chi connectivity index (χ0v) is 12.8. The van der Waals surface area contributed by atoms with E-state index in [2.05, 4.69) is 5.32 Å². The Hall–Kier alpha value is -2.15. The highest BCUT2D eigenvalue weighted by Crippen LogP contribution is 2.22. The Morgan fingerprint density at radius 2 is 2.05 bits per heavy atom. The van der Waals surface area contributed by atoms with Gasteiger partial charge in [-0.1, -0.05) is 13.8 Å². The number of hydrogen-bond donors (Lipinski definition) is 2. The van der Waals surface area contributed by atoms with Gasteiger partial charge in [0.2, 0.25) is 0 Å². The van der Waals surface area contributed by atoms with Crippen LogP contribution < -0.4 is 11.1 Å². The number of carbonyl (C=O) groups is 1. The van der Waals surface area contributed by atoms with Crippen LogP contribution in [0.4, 0.5) is 11.4 Å². The quantitative estimate of drug-likeness (QED) is 0.470. The molecule has 0 spiro atoms. The van der Waals surface area contributed by atoms with E-state index in [9.17, 15) is 14.9 Å². The van der Waals surface area contributed by atoms with Crippen LogP contribution in [-0.2, 0) is 0 Å². The van der Waals surface area contributed by atoms with Crippen molar-refractivity contribution in [2.24, 2.45) is 5.92 Å². The Kier molecular flexibility index (Phi) is 5.66. The fourth-order valence-corrected chi connectivity index (χ4v) is 1.91. The molecule has 0 saturated heterocycles. The van der Waals surface area contributed by atoms with Gasteiger partial charge in [-0.05, 0) is 32.1 Å². The van der Waals surface area contributed by atoms with Crippen LogP contribution in [0.1, 0.15) is 24.2 Å². The number of nitro groups is 1. The predicted octanol–water partition coefficient (Wildman–Crippen LogP) is 1.49. The fraction of sp³-hybridized carbons (Fsp3) is 0.500. The van der Waals surface area contributed by atoms with Crippen molar-refractivity contribution in [1.82, 2.24) is 10.2 Å². The van der Waals surface area contributed by atoms with Crippen molar-refractivity contribution >= 4 is 17.3 Å². The van der Waals surface area contributed by atoms with Gasteiger partial charge in [0.15, 0.2) is 0 Å². The topological polar surface area (TPSA) is 102 Å². The van der Waals surface area contributed by atoms with Gasteiger partial charge in [0.05, 0.1) is 4.92 Å². The summed E-state index contributed by atoms with van der Waals surface area (Å²) in [7, 11) is 3.85. The molecule has 1 aromatic carbocycles. The van der Waals surface area contributed by atoms with Gasteiger partial charge in [0.25, 0.3) is 11.6 Å². The Morgan fingerprint density at radius 1 is 1.43 bits per heavy atom. The number of benzene rings is 1. The molecular formula is C14H22N4O3. The van der Waals surface area contributed by atoms with Crippen molar-refractivity contribution in [2.45, 2.75) is 19.9 Å². The molecule has 0 bridgehead atoms. The van der Waals surface area contributed by atoms with Crippen LogP contribution >= 0.6 is 0 Å². The van der Waals surface area contributed by atoms with E-state index in [1.54, 1.807) is 0 Å². The van der Waals surface area contributed by atoms with Crippen molar-refractivity contribution in [2.75, 3.05) is 26.4 Å². The van der Waals surface area contributed by atoms with Crippen LogP contribution in [0.3, 0.4) is 0 Å². The number of nitrogens with zero attached hydrogens (tertiary/aromatic N) is 2. The number of amides is 1. The normalized spacial score (nSPS) is 12.5. The lowest BCUT2D eigenvalue weighted by atomic mass is 10.0. The highest BCUT2D eigenvalue weighted by atomic mass is 16.6. The third kappa shape index (κ3) is 4.71. The number of carbonyl (C=O) groups excluding carboxylic acids is 1. The Balaban J connectivity index is 2.92. The average Bonchev–Trinajstić information content (AvgIpc) is 2.37. The van der Waals surface area contributed by atoms with Gasteiger partial charge in [-0.15, -0.1) is 0 Å². The maximum Gasteiger partial charge on any atom is 0.292 e. The summed E-state index contributed by atoms with van der Waals surface area (Å²) in [5.41, 5.74) is 5.56. The average molecular weight is 294 g/mol. The summed E-state index contributed by atoms with van der Waals surface area (Å²) in [5.74, 6) is -0.0845. The van der Waals surface area contributed by atoms with Crippen molar-refractivity contribution in [3.05, 3.63) is 33.9 Å². The molecule has 0 aliphatic carbocycles. The van der Waals surface area contributed by atoms with E-state index in [0.29, 0.717) is 6.54 Å². The number of hydrogen-bond acceptors (Lipinski definition) is 5. The van der Waals surface area contributed by atoms with Crippen LogP contribution in [0.15, 0.2) is 18.2 Å². The summed E-state index contributed by atoms with van der Waals surface area (Å²) >= 11 is 0. The molecule has 0 aliphatic heterocycles. The number of nitrogens with two attached hydrogens (primary N) is 1. The first-order valence-electron chi connectivity index (χ1n) is 6.72. The van der Waals surface area contributed by atoms with Gasteiger partial charge < -0.3 is 16.0 Å². The number of likely N-dealkylation sites (N-methyl/N-ethyl adjacent to an activating group) is 1. The number of anilines is 1. The van der Waals surface area contributed by atoms with E-state index < -0.39 is 4.92 Å². The molecular weight excluding hydrogens is 272 g/mol. The number of nitrogens with one attached hydrogen (secondary N) is 1. The molecule has 3 N–H and O–H groups in total. The Morgan fingerprint density at radius 3 is 2.52 bits per heavy atom. The second-order valence-corrected chi connectivity index (χ2v) is 5.62. The van der Waals surface area contributed by atoms with Crippen molar-refractivity contribution in [1.29, 1.82) is 0 Å². The second kappa shape index (κ2) is 7.03. The predicted molar refractivity (Wildman–Crippen MR) is 82.2 cm³/mol. The van der Waals surface area contributed by atoms with Crippen molar-refractivity contribution in [3.8, 4) is 0 Å². The fourth-order valence-electron chi connectivity index (χ4n) is 1.91. The number of rotatable bonds is 6. The largest absolute Gasteiger partial charge is 0.393 e. The van der Waals surface area contributed by atoms with E-state index in [4.69, 9.17) is 5.73 Å². The molecule has 1 aromatic rings. The zero-order chi connectivity index (χ0) is 16.2. The van der Waals surface area contributed by atoms with Gasteiger partial charge in [-0.3, -0.25) is 14.9 Å². The smallest absolute Gasteiger partial charge is 0.292 e. The highest BCUT2D eigenvalue weighted by molar-refractivity contribution is 5.95. The molecule has 1 rings (SSSR count). The molecule has 0 saturated carbocycles. The molecule has 0 fully saturated rings. The van der Waals surface area contributed by atoms with E-state index in [1.807, 2.05) is 32.8 Å². The highest BCUT2D eigenvalue weighted by Gasteiger charge is 2.20. The molecule has 1 unspecified atom stereocenters. The van der Waals surface area contributed by atoms with Crippen LogP contribution in [-0.4, -0.2) is 42.4 Å². The zero-order valence-electron chi connectivity index (χ0n) is 12.8. The van der Waals surface area contributed by atoms with E-state index in [0.717, 1.165) is 0 Å². The first-order valence-corrected chi connectivity index (χ1v) is 6.72. The molecule has 1 atom stereocenters. The van der Waals surface area contributed by atoms with Gasteiger partial charge in [0, 0.05) is 24.2 Å². The molecule has 0 aliphatic rings. The summed E-state index contributed by atoms with van der Waals surface area (Å²) in [6.07, 6.45) is 0. The molecule has 21 heavy (non-hydrogen) atoms. The number of nitro benzene ring substituents is 1. The lowest BCUT2D eigenvalue weighted by molar-refractivity contribution is -0.383. The van der Waals surface area contributed by atoms with Gasteiger partial charge >= 0.3 is 0 Å². The van der Waals surface area contributed by atoms with E-state index in [-0.39, 0.29) is 34.8 Å². The van der Waals surface area contributed by atoms with Crippen LogP contribution in [0, 0.1) is 16.0 Å². The van der Waals surface area contributed by atoms with Crippen LogP contribution in [0.2, 0.25) is 0 Å². The van der Waals surface area contributed by atoms with Crippen LogP contribution in [0.5, 0.6) is 0 Å². The second-order valence-electron chi connectivity index (χ2n) is 5.62. The molecule has 7 nitrogen and oxygen atoms in total. The standard InChI is InChI=1S/C14H22N4O3/c1-9(2)12(8-17(3)4)16-14(19)10-5-6-11(15)13(7-10)18(20)21/h5-7,9,12H,8,15H2,1-4H3,(H,16,19). The minimum Gasteiger partial charge on any atom is -0.393 e. The molecule has 0 aromatic heterocycles. The van der Waals surface area contributed by atoms with Gasteiger partial charge in [-0.2, -0.15) is 0 Å². The minimum atomic E-state index is -0.591. The molecule has 116 valence electrons. The van der Waals surface area contributed by atoms with E-state index >= 15 is 0 Å². The van der Waals surface area contributed by atoms with Crippen molar-refractivity contribution < 1.29 is 9.72 Å². The van der Waals surface area contributed by atoms with E-state index in [1.165, 1.54) is 18.2 Å². The van der Waals surface area contributed by atoms with Gasteiger partial charge in [0.1, 0.15) is 5.69 Å². The summed E-state index contributed by atoms with van der Waals surface area (Å²) in [6.45, 7) is 4.72. The van der Waals surface area contributed by atoms with Crippen molar-refractivity contribution in [3.63, 3.8) is 0 Å².